The third kappa shape index (κ3) is 3.74. The van der Waals surface area contributed by atoms with E-state index in [-0.39, 0.29) is 22.5 Å². The molecule has 0 aromatic rings. The number of carbonyl (C=O) groups excluding carboxylic acids is 2. The Bertz CT molecular complexity index is 558. The highest BCUT2D eigenvalue weighted by atomic mass is 32.2. The van der Waals surface area contributed by atoms with Gasteiger partial charge in [-0.2, -0.15) is 0 Å². The molecule has 134 valence electrons. The van der Waals surface area contributed by atoms with Crippen molar-refractivity contribution >= 4 is 46.6 Å². The second kappa shape index (κ2) is 7.39. The lowest BCUT2D eigenvalue weighted by atomic mass is 9.97. The average molecular weight is 373 g/mol. The van der Waals surface area contributed by atoms with E-state index in [4.69, 9.17) is 12.2 Å². The van der Waals surface area contributed by atoms with E-state index < -0.39 is 12.0 Å². The summed E-state index contributed by atoms with van der Waals surface area (Å²) >= 11 is 7.23. The van der Waals surface area contributed by atoms with Crippen LogP contribution >= 0.6 is 24.0 Å². The van der Waals surface area contributed by atoms with E-state index in [1.807, 2.05) is 11.8 Å². The number of aliphatic carboxylic acids is 1. The lowest BCUT2D eigenvalue weighted by molar-refractivity contribution is -0.142. The van der Waals surface area contributed by atoms with Crippen LogP contribution in [0.5, 0.6) is 0 Å². The maximum atomic E-state index is 11.7. The molecule has 0 saturated carbocycles. The minimum Gasteiger partial charge on any atom is -0.480 e. The number of ketones is 1. The van der Waals surface area contributed by atoms with E-state index in [2.05, 4.69) is 0 Å². The van der Waals surface area contributed by atoms with E-state index in [1.165, 1.54) is 6.92 Å². The first kappa shape index (κ1) is 19.2. The van der Waals surface area contributed by atoms with Crippen LogP contribution in [-0.4, -0.2) is 67.3 Å². The highest BCUT2D eigenvalue weighted by molar-refractivity contribution is 8.01. The first-order valence-electron chi connectivity index (χ1n) is 8.13. The van der Waals surface area contributed by atoms with E-state index in [9.17, 15) is 19.5 Å². The zero-order valence-corrected chi connectivity index (χ0v) is 15.9. The van der Waals surface area contributed by atoms with Crippen molar-refractivity contribution in [3.05, 3.63) is 0 Å². The number of rotatable bonds is 4. The molecule has 8 heteroatoms. The molecular weight excluding hydrogens is 348 g/mol. The predicted molar refractivity (Wildman–Crippen MR) is 97.0 cm³/mol. The maximum absolute atomic E-state index is 11.7. The molecule has 0 aliphatic carbocycles. The van der Waals surface area contributed by atoms with Gasteiger partial charge < -0.3 is 19.7 Å². The number of hydrogen-bond donors (Lipinski definition) is 1. The van der Waals surface area contributed by atoms with Gasteiger partial charge in [-0.1, -0.05) is 19.1 Å². The van der Waals surface area contributed by atoms with E-state index in [0.29, 0.717) is 43.1 Å². The summed E-state index contributed by atoms with van der Waals surface area (Å²) in [5.41, 5.74) is 0. The molecule has 6 nitrogen and oxygen atoms in total. The Hall–Kier alpha value is -1.15. The van der Waals surface area contributed by atoms with Gasteiger partial charge in [-0.15, -0.1) is 11.8 Å². The Balaban J connectivity index is 2.24. The van der Waals surface area contributed by atoms with Crippen molar-refractivity contribution in [2.24, 2.45) is 5.92 Å². The fourth-order valence-corrected chi connectivity index (χ4v) is 5.55. The molecule has 1 amide bonds. The van der Waals surface area contributed by atoms with Crippen LogP contribution in [0.3, 0.4) is 0 Å². The Kier molecular flexibility index (Phi) is 5.91. The Labute approximate surface area is 151 Å². The van der Waals surface area contributed by atoms with E-state index >= 15 is 0 Å². The Morgan fingerprint density at radius 3 is 2.33 bits per heavy atom. The van der Waals surface area contributed by atoms with Crippen molar-refractivity contribution in [2.45, 2.75) is 50.9 Å². The van der Waals surface area contributed by atoms with E-state index in [0.717, 1.165) is 0 Å². The molecule has 2 saturated heterocycles. The van der Waals surface area contributed by atoms with Crippen LogP contribution in [0.4, 0.5) is 0 Å². The lowest BCUT2D eigenvalue weighted by Crippen LogP contribution is -2.57. The van der Waals surface area contributed by atoms with E-state index in [1.54, 1.807) is 23.6 Å². The standard InChI is InChI=1S/C16H24N2O4S2/c1-10(8-11(2)19)14(23)18-13(15(21)22)9-24-16(18)4-6-17(7-5-16)12(3)20/h10,13H,4-9H2,1-3H3,(H,21,22)/t10-,13-/m0/s1. The van der Waals surface area contributed by atoms with Crippen molar-refractivity contribution < 1.29 is 19.5 Å². The molecule has 0 aromatic heterocycles. The number of carboxylic acid groups (broad SMARTS) is 1. The minimum absolute atomic E-state index is 0.0432. The molecule has 0 bridgehead atoms. The van der Waals surface area contributed by atoms with Gasteiger partial charge in [-0.05, 0) is 19.8 Å². The van der Waals surface area contributed by atoms with Gasteiger partial charge >= 0.3 is 5.97 Å². The average Bonchev–Trinajstić information content (AvgIpc) is 2.85. The summed E-state index contributed by atoms with van der Waals surface area (Å²) in [6.07, 6.45) is 1.70. The van der Waals surface area contributed by atoms with Crippen molar-refractivity contribution in [1.82, 2.24) is 9.80 Å². The SMILES string of the molecule is CC(=O)C[C@H](C)C(=S)N1[C@H](C(=O)O)CSC12CCN(C(C)=O)CC2. The zero-order valence-electron chi connectivity index (χ0n) is 14.3. The van der Waals surface area contributed by atoms with Gasteiger partial charge in [0.1, 0.15) is 11.8 Å². The number of nitrogens with zero attached hydrogens (tertiary/aromatic N) is 2. The molecule has 0 unspecified atom stereocenters. The Morgan fingerprint density at radius 2 is 1.88 bits per heavy atom. The maximum Gasteiger partial charge on any atom is 0.327 e. The molecule has 2 fully saturated rings. The van der Waals surface area contributed by atoms with Crippen molar-refractivity contribution in [3.8, 4) is 0 Å². The smallest absolute Gasteiger partial charge is 0.327 e. The molecular formula is C16H24N2O4S2. The lowest BCUT2D eigenvalue weighted by Gasteiger charge is -2.46. The van der Waals surface area contributed by atoms with Gasteiger partial charge in [0.2, 0.25) is 5.91 Å². The second-order valence-corrected chi connectivity index (χ2v) is 8.43. The van der Waals surface area contributed by atoms with Crippen LogP contribution in [0.15, 0.2) is 0 Å². The summed E-state index contributed by atoms with van der Waals surface area (Å²) in [5, 5.41) is 9.60. The van der Waals surface area contributed by atoms with Crippen LogP contribution in [-0.2, 0) is 14.4 Å². The van der Waals surface area contributed by atoms with Crippen LogP contribution in [0.25, 0.3) is 0 Å². The number of carboxylic acids is 1. The number of likely N-dealkylation sites (tertiary alicyclic amines) is 1. The summed E-state index contributed by atoms with van der Waals surface area (Å²) in [6, 6.07) is -0.666. The van der Waals surface area contributed by atoms with Gasteiger partial charge in [0, 0.05) is 38.1 Å². The highest BCUT2D eigenvalue weighted by Gasteiger charge is 2.52. The largest absolute Gasteiger partial charge is 0.480 e. The fraction of sp³-hybridized carbons (Fsp3) is 0.750. The normalized spacial score (nSPS) is 24.0. The van der Waals surface area contributed by atoms with Gasteiger partial charge in [-0.25, -0.2) is 4.79 Å². The fourth-order valence-electron chi connectivity index (χ4n) is 3.51. The number of piperidine rings is 1. The van der Waals surface area contributed by atoms with Crippen LogP contribution in [0.1, 0.15) is 40.0 Å². The number of Topliss-reactive ketones (excluding diaryl/α,β-unsaturated/α-hetero) is 1. The predicted octanol–water partition coefficient (Wildman–Crippen LogP) is 1.77. The van der Waals surface area contributed by atoms with Gasteiger partial charge in [-0.3, -0.25) is 4.79 Å². The topological polar surface area (TPSA) is 77.9 Å². The first-order chi connectivity index (χ1) is 11.2. The third-order valence-electron chi connectivity index (χ3n) is 4.79. The quantitative estimate of drug-likeness (QED) is 0.754. The summed E-state index contributed by atoms with van der Waals surface area (Å²) < 4.78 is 0. The summed E-state index contributed by atoms with van der Waals surface area (Å²) in [4.78, 5) is 38.5. The second-order valence-electron chi connectivity index (χ2n) is 6.63. The molecule has 2 rings (SSSR count). The van der Waals surface area contributed by atoms with Crippen molar-refractivity contribution in [1.29, 1.82) is 0 Å². The summed E-state index contributed by atoms with van der Waals surface area (Å²) in [7, 11) is 0. The molecule has 2 heterocycles. The number of amides is 1. The molecule has 2 atom stereocenters. The molecule has 2 aliphatic heterocycles. The Morgan fingerprint density at radius 1 is 1.29 bits per heavy atom. The number of carbonyl (C=O) groups is 3. The first-order valence-corrected chi connectivity index (χ1v) is 9.52. The summed E-state index contributed by atoms with van der Waals surface area (Å²) in [6.45, 7) is 6.17. The van der Waals surface area contributed by atoms with Crippen LogP contribution < -0.4 is 0 Å². The molecule has 24 heavy (non-hydrogen) atoms. The molecule has 0 radical (unpaired) electrons. The minimum atomic E-state index is -0.884. The van der Waals surface area contributed by atoms with Crippen molar-refractivity contribution in [3.63, 3.8) is 0 Å². The van der Waals surface area contributed by atoms with Crippen LogP contribution in [0.2, 0.25) is 0 Å². The number of hydrogen-bond acceptors (Lipinski definition) is 5. The van der Waals surface area contributed by atoms with Gasteiger partial charge in [0.05, 0.1) is 9.86 Å². The monoisotopic (exact) mass is 372 g/mol. The number of thioether (sulfide) groups is 1. The molecule has 1 N–H and O–H groups in total. The summed E-state index contributed by atoms with van der Waals surface area (Å²) in [5.74, 6) is -0.486. The van der Waals surface area contributed by atoms with Crippen LogP contribution in [0, 0.1) is 5.92 Å². The van der Waals surface area contributed by atoms with Gasteiger partial charge in [0.15, 0.2) is 0 Å². The number of thiocarbonyl (C=S) groups is 1. The molecule has 0 aromatic carbocycles. The highest BCUT2D eigenvalue weighted by Crippen LogP contribution is 2.47. The molecule has 2 aliphatic rings. The zero-order chi connectivity index (χ0) is 18.1. The molecule has 1 spiro atoms. The van der Waals surface area contributed by atoms with Crippen molar-refractivity contribution in [2.75, 3.05) is 18.8 Å². The van der Waals surface area contributed by atoms with Gasteiger partial charge in [0.25, 0.3) is 0 Å². The third-order valence-corrected chi connectivity index (χ3v) is 7.01.